The van der Waals surface area contributed by atoms with Crippen LogP contribution in [0.3, 0.4) is 0 Å². The molecule has 3 nitrogen and oxygen atoms in total. The lowest BCUT2D eigenvalue weighted by atomic mass is 10.2. The molecule has 1 N–H and O–H groups in total. The molecule has 1 saturated carbocycles. The van der Waals surface area contributed by atoms with Gasteiger partial charge < -0.3 is 9.88 Å². The molecule has 0 radical (unpaired) electrons. The summed E-state index contributed by atoms with van der Waals surface area (Å²) in [6, 6.07) is 0.651. The van der Waals surface area contributed by atoms with Gasteiger partial charge in [0, 0.05) is 18.8 Å². The van der Waals surface area contributed by atoms with Crippen molar-refractivity contribution < 1.29 is 0 Å². The number of aromatic nitrogens is 2. The van der Waals surface area contributed by atoms with Crippen molar-refractivity contribution in [2.75, 3.05) is 11.9 Å². The molecule has 1 aliphatic rings. The van der Waals surface area contributed by atoms with Crippen LogP contribution in [0.2, 0.25) is 0 Å². The Morgan fingerprint density at radius 1 is 1.60 bits per heavy atom. The van der Waals surface area contributed by atoms with E-state index in [1.807, 2.05) is 13.0 Å². The maximum Gasteiger partial charge on any atom is 0.203 e. The van der Waals surface area contributed by atoms with Crippen LogP contribution in [0.25, 0.3) is 0 Å². The van der Waals surface area contributed by atoms with Gasteiger partial charge in [0.2, 0.25) is 5.95 Å². The van der Waals surface area contributed by atoms with E-state index in [4.69, 9.17) is 0 Å². The van der Waals surface area contributed by atoms with E-state index in [2.05, 4.69) is 27.6 Å². The van der Waals surface area contributed by atoms with Crippen molar-refractivity contribution in [1.82, 2.24) is 9.55 Å². The maximum atomic E-state index is 4.50. The lowest BCUT2D eigenvalue weighted by molar-refractivity contribution is 0.523. The van der Waals surface area contributed by atoms with E-state index >= 15 is 0 Å². The molecule has 0 aromatic carbocycles. The molecule has 0 bridgehead atoms. The minimum Gasteiger partial charge on any atom is -0.352 e. The predicted octanol–water partition coefficient (Wildman–Crippen LogP) is 2.90. The van der Waals surface area contributed by atoms with Gasteiger partial charge in [-0.25, -0.2) is 4.98 Å². The quantitative estimate of drug-likeness (QED) is 0.766. The Kier molecular flexibility index (Phi) is 3.09. The van der Waals surface area contributed by atoms with Crippen LogP contribution < -0.4 is 5.32 Å². The van der Waals surface area contributed by atoms with Crippen molar-refractivity contribution in [3.05, 3.63) is 24.5 Å². The molecule has 3 heteroatoms. The number of anilines is 1. The second kappa shape index (κ2) is 4.51. The zero-order valence-corrected chi connectivity index (χ0v) is 9.37. The smallest absolute Gasteiger partial charge is 0.203 e. The third-order valence-electron chi connectivity index (χ3n) is 2.98. The van der Waals surface area contributed by atoms with E-state index in [1.165, 1.54) is 25.7 Å². The summed E-state index contributed by atoms with van der Waals surface area (Å²) in [6.07, 6.45) is 9.30. The molecule has 82 valence electrons. The Morgan fingerprint density at radius 3 is 3.00 bits per heavy atom. The second-order valence-corrected chi connectivity index (χ2v) is 4.22. The summed E-state index contributed by atoms with van der Waals surface area (Å²) in [4.78, 5) is 4.50. The highest BCUT2D eigenvalue weighted by Gasteiger charge is 2.19. The highest BCUT2D eigenvalue weighted by Crippen LogP contribution is 2.31. The summed E-state index contributed by atoms with van der Waals surface area (Å²) < 4.78 is 2.30. The molecule has 1 aliphatic carbocycles. The molecule has 0 atom stereocenters. The molecule has 0 aliphatic heterocycles. The first-order chi connectivity index (χ1) is 7.31. The number of hydrogen-bond donors (Lipinski definition) is 1. The summed E-state index contributed by atoms with van der Waals surface area (Å²) in [5, 5.41) is 3.29. The molecule has 0 amide bonds. The summed E-state index contributed by atoms with van der Waals surface area (Å²) in [5.41, 5.74) is 1.09. The van der Waals surface area contributed by atoms with Gasteiger partial charge in [-0.15, -0.1) is 6.58 Å². The van der Waals surface area contributed by atoms with E-state index in [0.29, 0.717) is 6.04 Å². The highest BCUT2D eigenvalue weighted by atomic mass is 15.2. The van der Waals surface area contributed by atoms with Gasteiger partial charge in [0.25, 0.3) is 0 Å². The summed E-state index contributed by atoms with van der Waals surface area (Å²) in [5.74, 6) is 0.999. The summed E-state index contributed by atoms with van der Waals surface area (Å²) in [6.45, 7) is 6.54. The van der Waals surface area contributed by atoms with E-state index < -0.39 is 0 Å². The normalized spacial score (nSPS) is 16.9. The first kappa shape index (κ1) is 10.3. The van der Waals surface area contributed by atoms with Gasteiger partial charge in [-0.2, -0.15) is 0 Å². The van der Waals surface area contributed by atoms with Crippen LogP contribution in [-0.2, 0) is 0 Å². The summed E-state index contributed by atoms with van der Waals surface area (Å²) in [7, 11) is 0. The van der Waals surface area contributed by atoms with Crippen LogP contribution in [0.15, 0.2) is 18.9 Å². The van der Waals surface area contributed by atoms with Crippen molar-refractivity contribution in [3.8, 4) is 0 Å². The van der Waals surface area contributed by atoms with E-state index in [1.54, 1.807) is 0 Å². The second-order valence-electron chi connectivity index (χ2n) is 4.22. The van der Waals surface area contributed by atoms with Crippen molar-refractivity contribution >= 4 is 5.95 Å². The first-order valence-electron chi connectivity index (χ1n) is 5.71. The average Bonchev–Trinajstić information content (AvgIpc) is 2.83. The van der Waals surface area contributed by atoms with Crippen LogP contribution in [-0.4, -0.2) is 16.1 Å². The molecule has 0 saturated heterocycles. The molecular weight excluding hydrogens is 186 g/mol. The fourth-order valence-electron chi connectivity index (χ4n) is 2.27. The predicted molar refractivity (Wildman–Crippen MR) is 63.2 cm³/mol. The number of aryl methyl sites for hydroxylation is 1. The zero-order chi connectivity index (χ0) is 10.7. The van der Waals surface area contributed by atoms with Crippen LogP contribution >= 0.6 is 0 Å². The Labute approximate surface area is 91.2 Å². The standard InChI is InChI=1S/C12H19N3/c1-3-8-13-12-14-10(2)9-15(12)11-6-4-5-7-11/h3,9,11H,1,4-8H2,2H3,(H,13,14). The fourth-order valence-corrected chi connectivity index (χ4v) is 2.27. The summed E-state index contributed by atoms with van der Waals surface area (Å²) >= 11 is 0. The number of nitrogens with zero attached hydrogens (tertiary/aromatic N) is 2. The van der Waals surface area contributed by atoms with Crippen molar-refractivity contribution in [1.29, 1.82) is 0 Å². The van der Waals surface area contributed by atoms with E-state index in [-0.39, 0.29) is 0 Å². The molecule has 2 rings (SSSR count). The molecule has 0 unspecified atom stereocenters. The average molecular weight is 205 g/mol. The van der Waals surface area contributed by atoms with Crippen molar-refractivity contribution in [2.45, 2.75) is 38.6 Å². The van der Waals surface area contributed by atoms with Crippen LogP contribution in [0.1, 0.15) is 37.4 Å². The number of hydrogen-bond acceptors (Lipinski definition) is 2. The number of nitrogens with one attached hydrogen (secondary N) is 1. The molecule has 1 aromatic rings. The third kappa shape index (κ3) is 2.22. The lowest BCUT2D eigenvalue weighted by Gasteiger charge is -2.14. The van der Waals surface area contributed by atoms with E-state index in [9.17, 15) is 0 Å². The van der Waals surface area contributed by atoms with Crippen LogP contribution in [0.4, 0.5) is 5.95 Å². The molecule has 0 spiro atoms. The Bertz CT molecular complexity index is 335. The third-order valence-corrected chi connectivity index (χ3v) is 2.98. The van der Waals surface area contributed by atoms with Gasteiger partial charge in [-0.3, -0.25) is 0 Å². The Balaban J connectivity index is 2.16. The Morgan fingerprint density at radius 2 is 2.33 bits per heavy atom. The number of imidazole rings is 1. The lowest BCUT2D eigenvalue weighted by Crippen LogP contribution is -2.10. The SMILES string of the molecule is C=CCNc1nc(C)cn1C1CCCC1. The van der Waals surface area contributed by atoms with Crippen molar-refractivity contribution in [2.24, 2.45) is 0 Å². The molecule has 1 aromatic heterocycles. The van der Waals surface area contributed by atoms with Gasteiger partial charge in [0.15, 0.2) is 0 Å². The Hall–Kier alpha value is -1.25. The topological polar surface area (TPSA) is 29.9 Å². The highest BCUT2D eigenvalue weighted by molar-refractivity contribution is 5.30. The fraction of sp³-hybridized carbons (Fsp3) is 0.583. The molecule has 15 heavy (non-hydrogen) atoms. The first-order valence-corrected chi connectivity index (χ1v) is 5.71. The largest absolute Gasteiger partial charge is 0.352 e. The van der Waals surface area contributed by atoms with E-state index in [0.717, 1.165) is 18.2 Å². The minimum absolute atomic E-state index is 0.651. The van der Waals surface area contributed by atoms with Crippen LogP contribution in [0.5, 0.6) is 0 Å². The zero-order valence-electron chi connectivity index (χ0n) is 9.37. The van der Waals surface area contributed by atoms with Gasteiger partial charge in [-0.05, 0) is 19.8 Å². The van der Waals surface area contributed by atoms with Gasteiger partial charge in [0.1, 0.15) is 0 Å². The van der Waals surface area contributed by atoms with Crippen LogP contribution in [0, 0.1) is 6.92 Å². The molecule has 1 heterocycles. The van der Waals surface area contributed by atoms with Gasteiger partial charge in [-0.1, -0.05) is 18.9 Å². The van der Waals surface area contributed by atoms with Gasteiger partial charge >= 0.3 is 0 Å². The molecule has 1 fully saturated rings. The molecular formula is C12H19N3. The monoisotopic (exact) mass is 205 g/mol. The minimum atomic E-state index is 0.651. The van der Waals surface area contributed by atoms with Crippen molar-refractivity contribution in [3.63, 3.8) is 0 Å². The number of rotatable bonds is 4. The van der Waals surface area contributed by atoms with Gasteiger partial charge in [0.05, 0.1) is 5.69 Å². The maximum absolute atomic E-state index is 4.50.